The molecule has 0 spiro atoms. The Morgan fingerprint density at radius 1 is 1.21 bits per heavy atom. The Morgan fingerprint density at radius 3 is 2.50 bits per heavy atom. The predicted molar refractivity (Wildman–Crippen MR) is 102 cm³/mol. The Kier molecular flexibility index (Phi) is 6.79. The highest BCUT2D eigenvalue weighted by Crippen LogP contribution is 2.22. The van der Waals surface area contributed by atoms with Gasteiger partial charge in [0.05, 0.1) is 15.5 Å². The van der Waals surface area contributed by atoms with Crippen molar-refractivity contribution in [3.05, 3.63) is 64.4 Å². The first kappa shape index (κ1) is 21.8. The van der Waals surface area contributed by atoms with Gasteiger partial charge >= 0.3 is 5.97 Å². The third kappa shape index (κ3) is 5.53. The highest BCUT2D eigenvalue weighted by atomic mass is 35.5. The van der Waals surface area contributed by atoms with E-state index in [1.165, 1.54) is 49.2 Å². The minimum Gasteiger partial charge on any atom is -0.449 e. The molecule has 28 heavy (non-hydrogen) atoms. The standard InChI is InChI=1S/C19H19ClFNO5S/c1-12(18(23)22(2)11-13-5-4-6-14(21)9-13)27-19(24)16-10-15(28(3,25)26)7-8-17(16)20/h4-10,12H,11H2,1-3H3. The van der Waals surface area contributed by atoms with Crippen molar-refractivity contribution in [3.63, 3.8) is 0 Å². The van der Waals surface area contributed by atoms with Crippen molar-refractivity contribution in [1.29, 1.82) is 0 Å². The van der Waals surface area contributed by atoms with Crippen LogP contribution in [-0.2, 0) is 25.9 Å². The third-order valence-electron chi connectivity index (χ3n) is 3.90. The van der Waals surface area contributed by atoms with Crippen molar-refractivity contribution in [2.45, 2.75) is 24.5 Å². The van der Waals surface area contributed by atoms with Gasteiger partial charge in [0, 0.05) is 19.8 Å². The Bertz CT molecular complexity index is 1010. The average Bonchev–Trinajstić information content (AvgIpc) is 2.60. The maximum absolute atomic E-state index is 13.3. The molecular formula is C19H19ClFNO5S. The summed E-state index contributed by atoms with van der Waals surface area (Å²) in [6.07, 6.45) is -0.150. The maximum atomic E-state index is 13.3. The summed E-state index contributed by atoms with van der Waals surface area (Å²) in [5.74, 6) is -1.85. The quantitative estimate of drug-likeness (QED) is 0.662. The van der Waals surface area contributed by atoms with Gasteiger partial charge in [0.2, 0.25) is 0 Å². The van der Waals surface area contributed by atoms with Crippen molar-refractivity contribution in [2.24, 2.45) is 0 Å². The average molecular weight is 428 g/mol. The topological polar surface area (TPSA) is 80.8 Å². The fourth-order valence-electron chi connectivity index (χ4n) is 2.46. The van der Waals surface area contributed by atoms with Crippen molar-refractivity contribution >= 4 is 33.3 Å². The largest absolute Gasteiger partial charge is 0.449 e. The first-order valence-electron chi connectivity index (χ1n) is 8.19. The lowest BCUT2D eigenvalue weighted by Crippen LogP contribution is -2.37. The SMILES string of the molecule is CC(OC(=O)c1cc(S(C)(=O)=O)ccc1Cl)C(=O)N(C)Cc1cccc(F)c1. The molecule has 2 rings (SSSR count). The molecule has 1 amide bonds. The highest BCUT2D eigenvalue weighted by molar-refractivity contribution is 7.90. The molecule has 1 atom stereocenters. The van der Waals surface area contributed by atoms with E-state index in [4.69, 9.17) is 16.3 Å². The Balaban J connectivity index is 2.10. The molecule has 150 valence electrons. The lowest BCUT2D eigenvalue weighted by atomic mass is 10.2. The van der Waals surface area contributed by atoms with Gasteiger partial charge in [-0.3, -0.25) is 4.79 Å². The van der Waals surface area contributed by atoms with Gasteiger partial charge in [-0.2, -0.15) is 0 Å². The molecule has 0 fully saturated rings. The number of esters is 1. The van der Waals surface area contributed by atoms with E-state index in [1.807, 2.05) is 0 Å². The van der Waals surface area contributed by atoms with Crippen molar-refractivity contribution in [2.75, 3.05) is 13.3 Å². The van der Waals surface area contributed by atoms with Gasteiger partial charge in [-0.1, -0.05) is 23.7 Å². The van der Waals surface area contributed by atoms with Crippen LogP contribution in [0.15, 0.2) is 47.4 Å². The number of carbonyl (C=O) groups excluding carboxylic acids is 2. The number of hydrogen-bond acceptors (Lipinski definition) is 5. The van der Waals surface area contributed by atoms with E-state index in [9.17, 15) is 22.4 Å². The van der Waals surface area contributed by atoms with Crippen LogP contribution in [0.25, 0.3) is 0 Å². The number of rotatable bonds is 6. The molecule has 1 unspecified atom stereocenters. The summed E-state index contributed by atoms with van der Waals surface area (Å²) in [7, 11) is -2.05. The zero-order valence-electron chi connectivity index (χ0n) is 15.5. The van der Waals surface area contributed by atoms with E-state index in [1.54, 1.807) is 6.07 Å². The number of carbonyl (C=O) groups is 2. The first-order chi connectivity index (χ1) is 13.0. The van der Waals surface area contributed by atoms with Crippen LogP contribution in [0.4, 0.5) is 4.39 Å². The van der Waals surface area contributed by atoms with Crippen LogP contribution in [0, 0.1) is 5.82 Å². The summed E-state index contributed by atoms with van der Waals surface area (Å²) in [4.78, 5) is 26.0. The number of amides is 1. The molecule has 9 heteroatoms. The Morgan fingerprint density at radius 2 is 1.89 bits per heavy atom. The highest BCUT2D eigenvalue weighted by Gasteiger charge is 2.24. The number of ether oxygens (including phenoxy) is 1. The lowest BCUT2D eigenvalue weighted by Gasteiger charge is -2.22. The van der Waals surface area contributed by atoms with E-state index in [0.29, 0.717) is 5.56 Å². The zero-order valence-corrected chi connectivity index (χ0v) is 17.1. The number of benzene rings is 2. The van der Waals surface area contributed by atoms with Crippen LogP contribution in [0.1, 0.15) is 22.8 Å². The molecule has 0 bridgehead atoms. The minimum atomic E-state index is -3.54. The van der Waals surface area contributed by atoms with E-state index < -0.39 is 33.6 Å². The van der Waals surface area contributed by atoms with Gasteiger partial charge in [-0.05, 0) is 42.8 Å². The lowest BCUT2D eigenvalue weighted by molar-refractivity contribution is -0.139. The predicted octanol–water partition coefficient (Wildman–Crippen LogP) is 3.09. The normalized spacial score (nSPS) is 12.3. The molecule has 0 aliphatic rings. The second-order valence-electron chi connectivity index (χ2n) is 6.29. The molecule has 0 heterocycles. The molecule has 2 aromatic carbocycles. The summed E-state index contributed by atoms with van der Waals surface area (Å²) in [5.41, 5.74) is 0.426. The van der Waals surface area contributed by atoms with Crippen LogP contribution in [0.2, 0.25) is 5.02 Å². The number of sulfone groups is 1. The van der Waals surface area contributed by atoms with Crippen molar-refractivity contribution in [3.8, 4) is 0 Å². The fraction of sp³-hybridized carbons (Fsp3) is 0.263. The van der Waals surface area contributed by atoms with Crippen molar-refractivity contribution < 1.29 is 27.1 Å². The van der Waals surface area contributed by atoms with E-state index in [0.717, 1.165) is 12.3 Å². The molecule has 0 radical (unpaired) electrons. The number of likely N-dealkylation sites (N-methyl/N-ethyl adjacent to an activating group) is 1. The molecule has 6 nitrogen and oxygen atoms in total. The molecular weight excluding hydrogens is 409 g/mol. The summed E-state index contributed by atoms with van der Waals surface area (Å²) in [6, 6.07) is 9.45. The van der Waals surface area contributed by atoms with Crippen LogP contribution in [-0.4, -0.2) is 44.6 Å². The van der Waals surface area contributed by atoms with Gasteiger partial charge in [0.25, 0.3) is 5.91 Å². The molecule has 2 aromatic rings. The monoisotopic (exact) mass is 427 g/mol. The number of hydrogen-bond donors (Lipinski definition) is 0. The summed E-state index contributed by atoms with van der Waals surface area (Å²) in [6.45, 7) is 1.51. The van der Waals surface area contributed by atoms with E-state index in [-0.39, 0.29) is 22.0 Å². The second kappa shape index (κ2) is 8.70. The maximum Gasteiger partial charge on any atom is 0.340 e. The molecule has 0 saturated heterocycles. The zero-order chi connectivity index (χ0) is 21.1. The van der Waals surface area contributed by atoms with Gasteiger partial charge in [-0.15, -0.1) is 0 Å². The van der Waals surface area contributed by atoms with Crippen LogP contribution in [0.3, 0.4) is 0 Å². The van der Waals surface area contributed by atoms with Crippen LogP contribution < -0.4 is 0 Å². The second-order valence-corrected chi connectivity index (χ2v) is 8.71. The van der Waals surface area contributed by atoms with Crippen molar-refractivity contribution in [1.82, 2.24) is 4.90 Å². The van der Waals surface area contributed by atoms with Gasteiger partial charge in [0.15, 0.2) is 15.9 Å². The Hall–Kier alpha value is -2.45. The van der Waals surface area contributed by atoms with Crippen LogP contribution >= 0.6 is 11.6 Å². The molecule has 0 saturated carbocycles. The summed E-state index contributed by atoms with van der Waals surface area (Å²) in [5, 5.41) is 0.00478. The first-order valence-corrected chi connectivity index (χ1v) is 10.5. The smallest absolute Gasteiger partial charge is 0.340 e. The number of halogens is 2. The Labute approximate surface area is 167 Å². The van der Waals surface area contributed by atoms with E-state index >= 15 is 0 Å². The number of nitrogens with zero attached hydrogens (tertiary/aromatic N) is 1. The molecule has 0 N–H and O–H groups in total. The van der Waals surface area contributed by atoms with Gasteiger partial charge in [0.1, 0.15) is 5.82 Å². The summed E-state index contributed by atoms with van der Waals surface area (Å²) < 4.78 is 41.7. The minimum absolute atomic E-state index is 0.00478. The van der Waals surface area contributed by atoms with Crippen LogP contribution in [0.5, 0.6) is 0 Å². The van der Waals surface area contributed by atoms with E-state index in [2.05, 4.69) is 0 Å². The third-order valence-corrected chi connectivity index (χ3v) is 5.34. The molecule has 0 aliphatic heterocycles. The molecule has 0 aliphatic carbocycles. The van der Waals surface area contributed by atoms with Gasteiger partial charge < -0.3 is 9.64 Å². The summed E-state index contributed by atoms with van der Waals surface area (Å²) >= 11 is 5.96. The fourth-order valence-corrected chi connectivity index (χ4v) is 3.31. The van der Waals surface area contributed by atoms with Gasteiger partial charge in [-0.25, -0.2) is 17.6 Å². The molecule has 0 aromatic heterocycles.